The van der Waals surface area contributed by atoms with Crippen LogP contribution in [0.2, 0.25) is 0 Å². The summed E-state index contributed by atoms with van der Waals surface area (Å²) in [5.41, 5.74) is 1.54. The molecule has 0 amide bonds. The minimum Gasteiger partial charge on any atom is -0.497 e. The lowest BCUT2D eigenvalue weighted by molar-refractivity contribution is 0.0632. The molecule has 106 valence electrons. The van der Waals surface area contributed by atoms with Crippen molar-refractivity contribution in [3.05, 3.63) is 29.8 Å². The molecule has 1 heterocycles. The molecule has 0 bridgehead atoms. The van der Waals surface area contributed by atoms with E-state index in [-0.39, 0.29) is 5.41 Å². The smallest absolute Gasteiger partial charge is 0.119 e. The first kappa shape index (κ1) is 14.4. The third-order valence-electron chi connectivity index (χ3n) is 4.25. The van der Waals surface area contributed by atoms with Crippen LogP contribution in [0, 0.1) is 5.41 Å². The van der Waals surface area contributed by atoms with E-state index in [0.29, 0.717) is 6.10 Å². The van der Waals surface area contributed by atoms with Crippen LogP contribution < -0.4 is 10.1 Å². The Labute approximate surface area is 116 Å². The van der Waals surface area contributed by atoms with Gasteiger partial charge in [-0.25, -0.2) is 0 Å². The highest BCUT2D eigenvalue weighted by Gasteiger charge is 2.41. The van der Waals surface area contributed by atoms with Gasteiger partial charge in [-0.15, -0.1) is 0 Å². The van der Waals surface area contributed by atoms with Gasteiger partial charge in [-0.2, -0.15) is 0 Å². The maximum atomic E-state index is 5.82. The molecule has 1 aromatic rings. The molecule has 0 spiro atoms. The van der Waals surface area contributed by atoms with E-state index in [1.54, 1.807) is 7.11 Å². The Morgan fingerprint density at radius 1 is 1.47 bits per heavy atom. The zero-order valence-electron chi connectivity index (χ0n) is 12.2. The highest BCUT2D eigenvalue weighted by atomic mass is 16.5. The van der Waals surface area contributed by atoms with Gasteiger partial charge >= 0.3 is 0 Å². The fourth-order valence-corrected chi connectivity index (χ4v) is 2.91. The summed E-state index contributed by atoms with van der Waals surface area (Å²) in [5.74, 6) is 0.933. The first-order valence-electron chi connectivity index (χ1n) is 7.15. The van der Waals surface area contributed by atoms with E-state index in [1.165, 1.54) is 5.56 Å². The van der Waals surface area contributed by atoms with E-state index in [0.717, 1.165) is 38.3 Å². The monoisotopic (exact) mass is 263 g/mol. The molecule has 3 nitrogen and oxygen atoms in total. The van der Waals surface area contributed by atoms with Gasteiger partial charge in [0.2, 0.25) is 0 Å². The molecule has 0 radical (unpaired) electrons. The summed E-state index contributed by atoms with van der Waals surface area (Å²) >= 11 is 0. The topological polar surface area (TPSA) is 30.5 Å². The number of nitrogens with one attached hydrogen (secondary N) is 1. The summed E-state index contributed by atoms with van der Waals surface area (Å²) in [5, 5.41) is 3.50. The van der Waals surface area contributed by atoms with Gasteiger partial charge in [0, 0.05) is 18.6 Å². The molecule has 1 saturated heterocycles. The Bertz CT molecular complexity index is 407. The Balaban J connectivity index is 2.15. The normalized spacial score (nSPS) is 26.6. The lowest BCUT2D eigenvalue weighted by Crippen LogP contribution is -2.41. The summed E-state index contributed by atoms with van der Waals surface area (Å²) in [6, 6.07) is 8.38. The van der Waals surface area contributed by atoms with E-state index >= 15 is 0 Å². The molecule has 3 heteroatoms. The molecule has 2 atom stereocenters. The van der Waals surface area contributed by atoms with Gasteiger partial charge in [0.15, 0.2) is 0 Å². The molecule has 1 fully saturated rings. The number of ether oxygens (including phenoxy) is 2. The molecule has 19 heavy (non-hydrogen) atoms. The summed E-state index contributed by atoms with van der Waals surface area (Å²) < 4.78 is 11.1. The maximum Gasteiger partial charge on any atom is 0.119 e. The number of rotatable bonds is 6. The summed E-state index contributed by atoms with van der Waals surface area (Å²) in [6.45, 7) is 7.25. The predicted molar refractivity (Wildman–Crippen MR) is 77.7 cm³/mol. The molecular formula is C16H25NO2. The van der Waals surface area contributed by atoms with E-state index in [4.69, 9.17) is 9.47 Å². The maximum absolute atomic E-state index is 5.82. The van der Waals surface area contributed by atoms with Gasteiger partial charge in [-0.05, 0) is 44.0 Å². The molecular weight excluding hydrogens is 238 g/mol. The van der Waals surface area contributed by atoms with Crippen LogP contribution in [0.3, 0.4) is 0 Å². The van der Waals surface area contributed by atoms with Crippen LogP contribution in [0.4, 0.5) is 0 Å². The number of benzene rings is 1. The van der Waals surface area contributed by atoms with E-state index in [1.807, 2.05) is 6.07 Å². The second-order valence-electron chi connectivity index (χ2n) is 5.43. The first-order valence-corrected chi connectivity index (χ1v) is 7.15. The van der Waals surface area contributed by atoms with E-state index in [2.05, 4.69) is 37.4 Å². The van der Waals surface area contributed by atoms with Crippen LogP contribution in [0.15, 0.2) is 24.3 Å². The fourth-order valence-electron chi connectivity index (χ4n) is 2.91. The van der Waals surface area contributed by atoms with Crippen molar-refractivity contribution in [3.63, 3.8) is 0 Å². The number of hydrogen-bond donors (Lipinski definition) is 1. The standard InChI is InChI=1S/C16H25NO2/c1-4-17-12-16(8-9-19-13(16)2)11-14-6-5-7-15(10-14)18-3/h5-7,10,13,17H,4,8-9,11-12H2,1-3H3. The second-order valence-corrected chi connectivity index (χ2v) is 5.43. The van der Waals surface area contributed by atoms with Gasteiger partial charge < -0.3 is 14.8 Å². The Kier molecular flexibility index (Phi) is 4.83. The summed E-state index contributed by atoms with van der Waals surface area (Å²) in [4.78, 5) is 0. The van der Waals surface area contributed by atoms with Crippen molar-refractivity contribution in [1.82, 2.24) is 5.32 Å². The largest absolute Gasteiger partial charge is 0.497 e. The lowest BCUT2D eigenvalue weighted by atomic mass is 9.76. The van der Waals surface area contributed by atoms with Crippen molar-refractivity contribution in [2.45, 2.75) is 32.8 Å². The second kappa shape index (κ2) is 6.40. The van der Waals surface area contributed by atoms with E-state index in [9.17, 15) is 0 Å². The molecule has 0 aromatic heterocycles. The minimum absolute atomic E-state index is 0.211. The Hall–Kier alpha value is -1.06. The molecule has 2 unspecified atom stereocenters. The van der Waals surface area contributed by atoms with Crippen LogP contribution in [0.1, 0.15) is 25.8 Å². The van der Waals surface area contributed by atoms with Crippen molar-refractivity contribution in [3.8, 4) is 5.75 Å². The molecule has 2 rings (SSSR count). The molecule has 1 aliphatic heterocycles. The zero-order valence-corrected chi connectivity index (χ0v) is 12.2. The van der Waals surface area contributed by atoms with Crippen molar-refractivity contribution in [2.75, 3.05) is 26.8 Å². The summed E-state index contributed by atoms with van der Waals surface area (Å²) in [6.07, 6.45) is 2.47. The molecule has 1 N–H and O–H groups in total. The molecule has 1 aliphatic rings. The van der Waals surface area contributed by atoms with Gasteiger partial charge in [-0.3, -0.25) is 0 Å². The fraction of sp³-hybridized carbons (Fsp3) is 0.625. The van der Waals surface area contributed by atoms with Crippen LogP contribution in [0.5, 0.6) is 5.75 Å². The van der Waals surface area contributed by atoms with Crippen molar-refractivity contribution < 1.29 is 9.47 Å². The Morgan fingerprint density at radius 3 is 2.95 bits per heavy atom. The number of hydrogen-bond acceptors (Lipinski definition) is 3. The number of methoxy groups -OCH3 is 1. The average molecular weight is 263 g/mol. The zero-order chi connectivity index (χ0) is 13.7. The highest BCUT2D eigenvalue weighted by Crippen LogP contribution is 2.38. The molecule has 1 aromatic carbocycles. The SMILES string of the molecule is CCNCC1(Cc2cccc(OC)c2)CCOC1C. The van der Waals surface area contributed by atoms with Crippen LogP contribution in [-0.2, 0) is 11.2 Å². The van der Waals surface area contributed by atoms with Crippen molar-refractivity contribution in [1.29, 1.82) is 0 Å². The third kappa shape index (κ3) is 3.28. The minimum atomic E-state index is 0.211. The quantitative estimate of drug-likeness (QED) is 0.856. The summed E-state index contributed by atoms with van der Waals surface area (Å²) in [7, 11) is 1.72. The van der Waals surface area contributed by atoms with Gasteiger partial charge in [0.05, 0.1) is 13.2 Å². The molecule has 0 aliphatic carbocycles. The van der Waals surface area contributed by atoms with Gasteiger partial charge in [0.1, 0.15) is 5.75 Å². The van der Waals surface area contributed by atoms with Crippen molar-refractivity contribution in [2.24, 2.45) is 5.41 Å². The van der Waals surface area contributed by atoms with Crippen LogP contribution >= 0.6 is 0 Å². The van der Waals surface area contributed by atoms with Crippen molar-refractivity contribution >= 4 is 0 Å². The Morgan fingerprint density at radius 2 is 2.32 bits per heavy atom. The first-order chi connectivity index (χ1) is 9.20. The average Bonchev–Trinajstić information content (AvgIpc) is 2.78. The lowest BCUT2D eigenvalue weighted by Gasteiger charge is -2.32. The predicted octanol–water partition coefficient (Wildman–Crippen LogP) is 2.64. The van der Waals surface area contributed by atoms with Gasteiger partial charge in [-0.1, -0.05) is 19.1 Å². The van der Waals surface area contributed by atoms with Crippen LogP contribution in [-0.4, -0.2) is 32.9 Å². The van der Waals surface area contributed by atoms with Crippen LogP contribution in [0.25, 0.3) is 0 Å². The highest BCUT2D eigenvalue weighted by molar-refractivity contribution is 5.29. The van der Waals surface area contributed by atoms with E-state index < -0.39 is 0 Å². The third-order valence-corrected chi connectivity index (χ3v) is 4.25. The molecule has 0 saturated carbocycles. The van der Waals surface area contributed by atoms with Gasteiger partial charge in [0.25, 0.3) is 0 Å².